The molecule has 36 heavy (non-hydrogen) atoms. The highest BCUT2D eigenvalue weighted by atomic mass is 35.5. The number of aromatic amines is 4. The lowest BCUT2D eigenvalue weighted by Gasteiger charge is -2.01. The normalized spacial score (nSPS) is 8.89. The molecule has 8 nitrogen and oxygen atoms in total. The van der Waals surface area contributed by atoms with Crippen LogP contribution in [0.25, 0.3) is 45.6 Å². The van der Waals surface area contributed by atoms with Crippen LogP contribution in [0, 0.1) is 0 Å². The lowest BCUT2D eigenvalue weighted by Crippen LogP contribution is -3.00. The summed E-state index contributed by atoms with van der Waals surface area (Å²) in [5.74, 6) is 0. The van der Waals surface area contributed by atoms with Crippen LogP contribution < -0.4 is 69.6 Å². The van der Waals surface area contributed by atoms with Crippen LogP contribution >= 0.6 is 0 Å². The molecule has 0 saturated heterocycles. The SMILES string of the molecule is O.O.[Cl-].[Cl-].[Cl-].[Cl-].c1ccc(-c2[nH+]c(-c3ccccn3)c(-c3cccc[nH+]3)[nH+]c2-c2cccc[nH+]2)nc1. The average molecular weight is 570 g/mol. The van der Waals surface area contributed by atoms with E-state index in [0.717, 1.165) is 45.6 Å². The Kier molecular flexibility index (Phi) is 15.9. The van der Waals surface area contributed by atoms with E-state index in [4.69, 9.17) is 0 Å². The molecule has 0 fully saturated rings. The molecular weight excluding hydrogens is 546 g/mol. The minimum absolute atomic E-state index is 0. The van der Waals surface area contributed by atoms with E-state index >= 15 is 0 Å². The molecule has 5 aromatic heterocycles. The lowest BCUT2D eigenvalue weighted by atomic mass is 10.1. The number of pyridine rings is 4. The van der Waals surface area contributed by atoms with Gasteiger partial charge in [-0.2, -0.15) is 9.97 Å². The number of hydrogen-bond acceptors (Lipinski definition) is 2. The lowest BCUT2D eigenvalue weighted by molar-refractivity contribution is -0.438. The molecule has 0 amide bonds. The number of halogens is 4. The van der Waals surface area contributed by atoms with Crippen molar-refractivity contribution in [3.63, 3.8) is 0 Å². The standard InChI is InChI=1S/C24H16N6.4ClH.2H2O/c1-5-13-25-17(9-1)21-22(18-10-2-6-14-26-18)30-24(20-12-4-8-16-28-20)23(29-21)19-11-3-7-15-27-19;;;;;;/h1-16H;4*1H;2*1H2. The average Bonchev–Trinajstić information content (AvgIpc) is 2.85. The van der Waals surface area contributed by atoms with E-state index in [9.17, 15) is 0 Å². The molecule has 12 heteroatoms. The molecule has 190 valence electrons. The quantitative estimate of drug-likeness (QED) is 0.212. The molecule has 0 aliphatic carbocycles. The van der Waals surface area contributed by atoms with Gasteiger partial charge in [0, 0.05) is 36.7 Å². The minimum atomic E-state index is 0. The Bertz CT molecular complexity index is 1090. The second kappa shape index (κ2) is 16.4. The van der Waals surface area contributed by atoms with E-state index in [1.54, 1.807) is 12.4 Å². The van der Waals surface area contributed by atoms with Crippen molar-refractivity contribution in [3.8, 4) is 45.6 Å². The van der Waals surface area contributed by atoms with Gasteiger partial charge in [0.1, 0.15) is 11.4 Å². The number of nitrogens with zero attached hydrogens (tertiary/aromatic N) is 2. The Hall–Kier alpha value is -3.24. The molecule has 5 heterocycles. The highest BCUT2D eigenvalue weighted by molar-refractivity contribution is 5.73. The zero-order valence-electron chi connectivity index (χ0n) is 18.6. The van der Waals surface area contributed by atoms with Crippen LogP contribution in [0.2, 0.25) is 0 Å². The van der Waals surface area contributed by atoms with Gasteiger partial charge < -0.3 is 60.6 Å². The number of hydrogen-bond donors (Lipinski definition) is 0. The molecule has 5 aromatic rings. The predicted molar refractivity (Wildman–Crippen MR) is 117 cm³/mol. The third-order valence-corrected chi connectivity index (χ3v) is 4.80. The Morgan fingerprint density at radius 2 is 0.833 bits per heavy atom. The van der Waals surface area contributed by atoms with Gasteiger partial charge >= 0.3 is 22.8 Å². The Labute approximate surface area is 233 Å². The summed E-state index contributed by atoms with van der Waals surface area (Å²) in [7, 11) is 0. The second-order valence-electron chi connectivity index (χ2n) is 6.73. The van der Waals surface area contributed by atoms with Gasteiger partial charge in [-0.15, -0.1) is 0 Å². The van der Waals surface area contributed by atoms with Crippen molar-refractivity contribution in [1.29, 1.82) is 0 Å². The molecule has 0 atom stereocenters. The first kappa shape index (κ1) is 34.9. The summed E-state index contributed by atoms with van der Waals surface area (Å²) in [5.41, 5.74) is 7.11. The van der Waals surface area contributed by atoms with Crippen LogP contribution in [-0.4, -0.2) is 20.9 Å². The molecule has 0 unspecified atom stereocenters. The third-order valence-electron chi connectivity index (χ3n) is 4.80. The summed E-state index contributed by atoms with van der Waals surface area (Å²) in [6, 6.07) is 23.8. The summed E-state index contributed by atoms with van der Waals surface area (Å²) < 4.78 is 0. The zero-order valence-corrected chi connectivity index (χ0v) is 21.7. The maximum absolute atomic E-state index is 4.58. The van der Waals surface area contributed by atoms with Gasteiger partial charge in [-0.25, -0.2) is 19.9 Å². The minimum Gasteiger partial charge on any atom is -1.00 e. The summed E-state index contributed by atoms with van der Waals surface area (Å²) >= 11 is 0. The second-order valence-corrected chi connectivity index (χ2v) is 6.73. The fraction of sp³-hybridized carbons (Fsp3) is 0. The van der Waals surface area contributed by atoms with Gasteiger partial charge in [-0.1, -0.05) is 12.1 Å². The van der Waals surface area contributed by atoms with Gasteiger partial charge in [0.25, 0.3) is 11.4 Å². The third kappa shape index (κ3) is 7.38. The van der Waals surface area contributed by atoms with Crippen molar-refractivity contribution in [3.05, 3.63) is 97.6 Å². The first-order chi connectivity index (χ1) is 14.9. The van der Waals surface area contributed by atoms with Crippen LogP contribution in [0.4, 0.5) is 0 Å². The van der Waals surface area contributed by atoms with Crippen molar-refractivity contribution in [2.24, 2.45) is 0 Å². The number of H-pyrrole nitrogens is 4. The molecule has 5 rings (SSSR count). The molecule has 8 N–H and O–H groups in total. The largest absolute Gasteiger partial charge is 1.00 e. The number of nitrogens with one attached hydrogen (secondary N) is 4. The summed E-state index contributed by atoms with van der Waals surface area (Å²) in [6.07, 6.45) is 7.40. The Balaban J connectivity index is 0. The first-order valence-corrected chi connectivity index (χ1v) is 9.70. The molecule has 0 spiro atoms. The van der Waals surface area contributed by atoms with Crippen LogP contribution in [0.5, 0.6) is 0 Å². The van der Waals surface area contributed by atoms with Crippen molar-refractivity contribution < 1.29 is 80.5 Å². The maximum Gasteiger partial charge on any atom is 0.350 e. The van der Waals surface area contributed by atoms with Crippen molar-refractivity contribution >= 4 is 0 Å². The highest BCUT2D eigenvalue weighted by Gasteiger charge is 2.36. The van der Waals surface area contributed by atoms with Crippen molar-refractivity contribution in [2.45, 2.75) is 0 Å². The maximum atomic E-state index is 4.58. The highest BCUT2D eigenvalue weighted by Crippen LogP contribution is 2.27. The Morgan fingerprint density at radius 3 is 1.17 bits per heavy atom. The molecule has 0 bridgehead atoms. The topological polar surface area (TPSA) is 145 Å². The molecule has 0 aliphatic rings. The van der Waals surface area contributed by atoms with Gasteiger partial charge in [0.2, 0.25) is 0 Å². The monoisotopic (exact) mass is 568 g/mol. The van der Waals surface area contributed by atoms with E-state index in [0.29, 0.717) is 0 Å². The fourth-order valence-electron chi connectivity index (χ4n) is 3.41. The molecular formula is C24H24Cl4N6O2. The molecule has 0 radical (unpaired) electrons. The number of rotatable bonds is 4. The van der Waals surface area contributed by atoms with E-state index in [2.05, 4.69) is 29.9 Å². The zero-order chi connectivity index (χ0) is 20.2. The van der Waals surface area contributed by atoms with E-state index < -0.39 is 0 Å². The van der Waals surface area contributed by atoms with Crippen LogP contribution in [-0.2, 0) is 0 Å². The smallest absolute Gasteiger partial charge is 0.350 e. The van der Waals surface area contributed by atoms with Crippen molar-refractivity contribution in [2.75, 3.05) is 0 Å². The summed E-state index contributed by atoms with van der Waals surface area (Å²) in [5, 5.41) is 0. The van der Waals surface area contributed by atoms with Gasteiger partial charge in [-0.3, -0.25) is 0 Å². The summed E-state index contributed by atoms with van der Waals surface area (Å²) in [6.45, 7) is 0. The van der Waals surface area contributed by atoms with E-state index in [-0.39, 0.29) is 60.6 Å². The predicted octanol–water partition coefficient (Wildman–Crippen LogP) is -11.2. The molecule has 0 saturated carbocycles. The van der Waals surface area contributed by atoms with Gasteiger partial charge in [0.15, 0.2) is 12.4 Å². The Morgan fingerprint density at radius 1 is 0.444 bits per heavy atom. The van der Waals surface area contributed by atoms with Crippen LogP contribution in [0.3, 0.4) is 0 Å². The van der Waals surface area contributed by atoms with Gasteiger partial charge in [-0.05, 0) is 36.4 Å². The van der Waals surface area contributed by atoms with Crippen LogP contribution in [0.1, 0.15) is 0 Å². The van der Waals surface area contributed by atoms with E-state index in [1.165, 1.54) is 0 Å². The summed E-state index contributed by atoms with van der Waals surface area (Å²) in [4.78, 5) is 23.1. The fourth-order valence-corrected chi connectivity index (χ4v) is 3.41. The number of aromatic nitrogens is 6. The van der Waals surface area contributed by atoms with Gasteiger partial charge in [0.05, 0.1) is 0 Å². The molecule has 0 aromatic carbocycles. The molecule has 0 aliphatic heterocycles. The van der Waals surface area contributed by atoms with Crippen LogP contribution in [0.15, 0.2) is 97.6 Å². The van der Waals surface area contributed by atoms with Crippen molar-refractivity contribution in [1.82, 2.24) is 9.97 Å². The van der Waals surface area contributed by atoms with E-state index in [1.807, 2.05) is 85.2 Å². The first-order valence-electron chi connectivity index (χ1n) is 9.70.